The van der Waals surface area contributed by atoms with E-state index in [1.165, 1.54) is 22.0 Å². The Morgan fingerprint density at radius 3 is 2.52 bits per heavy atom. The number of aryl methyl sites for hydroxylation is 1. The van der Waals surface area contributed by atoms with Gasteiger partial charge in [0.1, 0.15) is 11.5 Å². The molecular weight excluding hydrogens is 552 g/mol. The Morgan fingerprint density at radius 2 is 1.85 bits per heavy atom. The quantitative estimate of drug-likeness (QED) is 0.319. The number of aromatic nitrogens is 1. The van der Waals surface area contributed by atoms with E-state index in [0.29, 0.717) is 42.7 Å². The van der Waals surface area contributed by atoms with Crippen molar-refractivity contribution in [3.8, 4) is 11.3 Å². The summed E-state index contributed by atoms with van der Waals surface area (Å²) >= 11 is 7.30. The third kappa shape index (κ3) is 5.17. The number of ether oxygens (including phenoxy) is 1. The molecule has 4 aromatic rings. The fourth-order valence-corrected chi connectivity index (χ4v) is 5.70. The number of thiazole rings is 1. The summed E-state index contributed by atoms with van der Waals surface area (Å²) in [7, 11) is 0. The molecule has 1 atom stereocenters. The molecule has 0 bridgehead atoms. The molecule has 3 heterocycles. The maximum Gasteiger partial charge on any atom is 0.338 e. The van der Waals surface area contributed by atoms with Crippen LogP contribution in [0.5, 0.6) is 0 Å². The first-order chi connectivity index (χ1) is 19.0. The average Bonchev–Trinajstić information content (AvgIpc) is 3.47. The fraction of sp³-hybridized carbons (Fsp3) is 0.200. The number of nitrogens with zero attached hydrogens (tertiary/aromatic N) is 2. The molecule has 0 saturated heterocycles. The first-order valence-corrected chi connectivity index (χ1v) is 13.7. The van der Waals surface area contributed by atoms with Gasteiger partial charge < -0.3 is 14.3 Å². The Kier molecular flexibility index (Phi) is 7.35. The number of carbonyl (C=O) groups is 2. The van der Waals surface area contributed by atoms with Crippen molar-refractivity contribution in [1.29, 1.82) is 0 Å². The highest BCUT2D eigenvalue weighted by Gasteiger charge is 2.33. The molecule has 0 radical (unpaired) electrons. The summed E-state index contributed by atoms with van der Waals surface area (Å²) in [6, 6.07) is 14.5. The standard InChI is InChI=1S/C30H25ClN2O6S/c1-15(2)38-29(37)25-17(4)32-30-33(26(25)18-7-9-20(31)10-8-18)27(34)24(40-30)14-21-11-12-23(39-21)22-13-19(28(35)36)6-5-16(22)3/h5-15,26H,1-4H3,(H,35,36)/b24-14-/t26-/m1/s1. The maximum atomic E-state index is 13.8. The zero-order valence-corrected chi connectivity index (χ0v) is 23.7. The van der Waals surface area contributed by atoms with Crippen LogP contribution in [0.25, 0.3) is 17.4 Å². The van der Waals surface area contributed by atoms with E-state index in [1.54, 1.807) is 75.4 Å². The van der Waals surface area contributed by atoms with Gasteiger partial charge in [-0.25, -0.2) is 14.6 Å². The van der Waals surface area contributed by atoms with Gasteiger partial charge in [0.25, 0.3) is 5.56 Å². The first kappa shape index (κ1) is 27.4. The van der Waals surface area contributed by atoms with Crippen molar-refractivity contribution in [2.45, 2.75) is 39.8 Å². The van der Waals surface area contributed by atoms with Crippen molar-refractivity contribution in [3.05, 3.63) is 113 Å². The minimum absolute atomic E-state index is 0.149. The predicted octanol–water partition coefficient (Wildman–Crippen LogP) is 5.11. The lowest BCUT2D eigenvalue weighted by molar-refractivity contribution is -0.143. The molecule has 5 rings (SSSR count). The Labute approximate surface area is 238 Å². The second-order valence-electron chi connectivity index (χ2n) is 9.62. The highest BCUT2D eigenvalue weighted by atomic mass is 35.5. The molecule has 204 valence electrons. The van der Waals surface area contributed by atoms with Crippen LogP contribution in [0.15, 0.2) is 80.1 Å². The number of carbonyl (C=O) groups excluding carboxylic acids is 1. The number of furan rings is 1. The number of aromatic carboxylic acids is 1. The number of halogens is 1. The van der Waals surface area contributed by atoms with Gasteiger partial charge in [-0.05, 0) is 75.2 Å². The van der Waals surface area contributed by atoms with E-state index in [0.717, 1.165) is 5.56 Å². The zero-order valence-electron chi connectivity index (χ0n) is 22.1. The molecule has 1 N–H and O–H groups in total. The Balaban J connectivity index is 1.62. The molecule has 0 fully saturated rings. The molecule has 0 unspecified atom stereocenters. The second kappa shape index (κ2) is 10.7. The Bertz CT molecular complexity index is 1860. The number of hydrogen-bond acceptors (Lipinski definition) is 7. The molecule has 2 aromatic heterocycles. The molecule has 2 aromatic carbocycles. The van der Waals surface area contributed by atoms with Crippen molar-refractivity contribution >= 4 is 41.0 Å². The van der Waals surface area contributed by atoms with Crippen LogP contribution in [-0.4, -0.2) is 27.7 Å². The third-order valence-corrected chi connectivity index (χ3v) is 7.66. The van der Waals surface area contributed by atoms with Crippen molar-refractivity contribution in [2.75, 3.05) is 0 Å². The van der Waals surface area contributed by atoms with Crippen LogP contribution in [0.3, 0.4) is 0 Å². The number of carboxylic acid groups (broad SMARTS) is 1. The van der Waals surface area contributed by atoms with E-state index in [2.05, 4.69) is 4.99 Å². The van der Waals surface area contributed by atoms with E-state index < -0.39 is 18.0 Å². The van der Waals surface area contributed by atoms with Crippen LogP contribution in [0.4, 0.5) is 0 Å². The highest BCUT2D eigenvalue weighted by molar-refractivity contribution is 7.07. The van der Waals surface area contributed by atoms with E-state index in [1.807, 2.05) is 6.92 Å². The van der Waals surface area contributed by atoms with Gasteiger partial charge in [0.15, 0.2) is 4.80 Å². The third-order valence-electron chi connectivity index (χ3n) is 6.42. The van der Waals surface area contributed by atoms with Gasteiger partial charge in [0.05, 0.1) is 33.5 Å². The molecule has 0 saturated carbocycles. The van der Waals surface area contributed by atoms with Crippen molar-refractivity contribution < 1.29 is 23.8 Å². The summed E-state index contributed by atoms with van der Waals surface area (Å²) in [6.07, 6.45) is 1.27. The van der Waals surface area contributed by atoms with Crippen LogP contribution < -0.4 is 14.9 Å². The van der Waals surface area contributed by atoms with E-state index in [4.69, 9.17) is 20.8 Å². The maximum absolute atomic E-state index is 13.8. The van der Waals surface area contributed by atoms with E-state index >= 15 is 0 Å². The Morgan fingerprint density at radius 1 is 1.12 bits per heavy atom. The normalized spacial score (nSPS) is 15.2. The lowest BCUT2D eigenvalue weighted by Crippen LogP contribution is -2.40. The molecular formula is C30H25ClN2O6S. The first-order valence-electron chi connectivity index (χ1n) is 12.5. The number of carboxylic acids is 1. The summed E-state index contributed by atoms with van der Waals surface area (Å²) in [6.45, 7) is 7.11. The second-order valence-corrected chi connectivity index (χ2v) is 11.1. The topological polar surface area (TPSA) is 111 Å². The number of benzene rings is 2. The molecule has 10 heteroatoms. The SMILES string of the molecule is CC1=C(C(=O)OC(C)C)[C@@H](c2ccc(Cl)cc2)n2c(s/c(=C\c3ccc(-c4cc(C(=O)O)ccc4C)o3)c2=O)=N1. The van der Waals surface area contributed by atoms with Crippen LogP contribution in [-0.2, 0) is 9.53 Å². The van der Waals surface area contributed by atoms with Crippen LogP contribution >= 0.6 is 22.9 Å². The summed E-state index contributed by atoms with van der Waals surface area (Å²) in [5, 5.41) is 9.90. The molecule has 0 spiro atoms. The number of hydrogen-bond donors (Lipinski definition) is 1. The number of rotatable bonds is 6. The molecule has 1 aliphatic heterocycles. The van der Waals surface area contributed by atoms with Gasteiger partial charge in [-0.15, -0.1) is 0 Å². The summed E-state index contributed by atoms with van der Waals surface area (Å²) in [4.78, 5) is 43.4. The van der Waals surface area contributed by atoms with Crippen LogP contribution in [0, 0.1) is 6.92 Å². The molecule has 40 heavy (non-hydrogen) atoms. The van der Waals surface area contributed by atoms with E-state index in [9.17, 15) is 19.5 Å². The molecule has 0 amide bonds. The summed E-state index contributed by atoms with van der Waals surface area (Å²) in [5.41, 5.74) is 2.74. The zero-order chi connectivity index (χ0) is 28.7. The van der Waals surface area contributed by atoms with Gasteiger partial charge >= 0.3 is 11.9 Å². The number of esters is 1. The number of allylic oxidation sites excluding steroid dienone is 1. The van der Waals surface area contributed by atoms with Crippen molar-refractivity contribution in [2.24, 2.45) is 4.99 Å². The van der Waals surface area contributed by atoms with Gasteiger partial charge in [0.2, 0.25) is 0 Å². The molecule has 0 aliphatic carbocycles. The van der Waals surface area contributed by atoms with Crippen molar-refractivity contribution in [3.63, 3.8) is 0 Å². The highest BCUT2D eigenvalue weighted by Crippen LogP contribution is 2.32. The lowest BCUT2D eigenvalue weighted by Gasteiger charge is -2.25. The van der Waals surface area contributed by atoms with E-state index in [-0.39, 0.29) is 22.8 Å². The minimum Gasteiger partial charge on any atom is -0.478 e. The van der Waals surface area contributed by atoms with Gasteiger partial charge in [0, 0.05) is 16.7 Å². The number of fused-ring (bicyclic) bond motifs is 1. The van der Waals surface area contributed by atoms with Gasteiger partial charge in [-0.1, -0.05) is 41.1 Å². The predicted molar refractivity (Wildman–Crippen MR) is 152 cm³/mol. The molecule has 1 aliphatic rings. The fourth-order valence-electron chi connectivity index (χ4n) is 4.55. The van der Waals surface area contributed by atoms with Crippen LogP contribution in [0.2, 0.25) is 5.02 Å². The monoisotopic (exact) mass is 576 g/mol. The van der Waals surface area contributed by atoms with Crippen molar-refractivity contribution in [1.82, 2.24) is 4.57 Å². The minimum atomic E-state index is -1.03. The smallest absolute Gasteiger partial charge is 0.338 e. The lowest BCUT2D eigenvalue weighted by atomic mass is 9.96. The largest absolute Gasteiger partial charge is 0.478 e. The summed E-state index contributed by atoms with van der Waals surface area (Å²) in [5.74, 6) is -0.678. The molecule has 8 nitrogen and oxygen atoms in total. The summed E-state index contributed by atoms with van der Waals surface area (Å²) < 4.78 is 13.4. The van der Waals surface area contributed by atoms with Gasteiger partial charge in [-0.3, -0.25) is 9.36 Å². The van der Waals surface area contributed by atoms with Crippen LogP contribution in [0.1, 0.15) is 54.1 Å². The van der Waals surface area contributed by atoms with Gasteiger partial charge in [-0.2, -0.15) is 0 Å². The average molecular weight is 577 g/mol. The Hall–Kier alpha value is -4.21.